The van der Waals surface area contributed by atoms with E-state index in [1.54, 1.807) is 14.2 Å². The van der Waals surface area contributed by atoms with Gasteiger partial charge in [0.15, 0.2) is 8.32 Å². The number of allylic oxidation sites excluding steroid dienone is 1. The third-order valence-corrected chi connectivity index (χ3v) is 12.5. The van der Waals surface area contributed by atoms with Gasteiger partial charge in [-0.15, -0.1) is 0 Å². The van der Waals surface area contributed by atoms with Crippen LogP contribution < -0.4 is 9.47 Å². The van der Waals surface area contributed by atoms with Crippen molar-refractivity contribution in [2.45, 2.75) is 64.3 Å². The van der Waals surface area contributed by atoms with Gasteiger partial charge in [0.05, 0.1) is 31.2 Å². The summed E-state index contributed by atoms with van der Waals surface area (Å²) in [5.41, 5.74) is 1.20. The van der Waals surface area contributed by atoms with Crippen LogP contribution in [0, 0.1) is 10.8 Å². The van der Waals surface area contributed by atoms with Crippen LogP contribution >= 0.6 is 0 Å². The summed E-state index contributed by atoms with van der Waals surface area (Å²) >= 11 is 0. The van der Waals surface area contributed by atoms with Gasteiger partial charge in [-0.25, -0.2) is 0 Å². The zero-order valence-electron chi connectivity index (χ0n) is 19.3. The highest BCUT2D eigenvalue weighted by atomic mass is 28.4. The fourth-order valence-electron chi connectivity index (χ4n) is 5.24. The van der Waals surface area contributed by atoms with Crippen molar-refractivity contribution in [1.29, 1.82) is 0 Å². The molecular formula is C24H34O5Si. The Balaban J connectivity index is 1.78. The van der Waals surface area contributed by atoms with E-state index in [4.69, 9.17) is 18.6 Å². The summed E-state index contributed by atoms with van der Waals surface area (Å²) in [6.07, 6.45) is 4.64. The van der Waals surface area contributed by atoms with Crippen molar-refractivity contribution in [3.8, 4) is 11.5 Å². The SMILES string of the molecule is COc1ccc(OC)c(C2=C[C@@]34COC(=O)C3(CC[C@@H]4O[Si](C)(C)C(C)(C)C)C2)c1. The Morgan fingerprint density at radius 2 is 1.90 bits per heavy atom. The number of methoxy groups -OCH3 is 2. The number of rotatable bonds is 5. The Morgan fingerprint density at radius 1 is 1.17 bits per heavy atom. The van der Waals surface area contributed by atoms with Crippen LogP contribution in [0.15, 0.2) is 24.3 Å². The Kier molecular flexibility index (Phi) is 4.90. The van der Waals surface area contributed by atoms with Crippen LogP contribution in [-0.4, -0.2) is 41.2 Å². The van der Waals surface area contributed by atoms with Gasteiger partial charge in [-0.2, -0.15) is 0 Å². The van der Waals surface area contributed by atoms with Crippen LogP contribution in [-0.2, 0) is 14.0 Å². The summed E-state index contributed by atoms with van der Waals surface area (Å²) in [6, 6.07) is 5.83. The predicted octanol–water partition coefficient (Wildman–Crippen LogP) is 5.20. The molecule has 5 nitrogen and oxygen atoms in total. The monoisotopic (exact) mass is 430 g/mol. The van der Waals surface area contributed by atoms with E-state index in [-0.39, 0.29) is 17.1 Å². The molecule has 3 atom stereocenters. The average molecular weight is 431 g/mol. The van der Waals surface area contributed by atoms with Gasteiger partial charge in [-0.1, -0.05) is 26.8 Å². The third-order valence-electron chi connectivity index (χ3n) is 8.05. The van der Waals surface area contributed by atoms with E-state index in [1.807, 2.05) is 18.2 Å². The van der Waals surface area contributed by atoms with Crippen molar-refractivity contribution >= 4 is 19.9 Å². The zero-order chi connectivity index (χ0) is 21.9. The molecule has 0 spiro atoms. The van der Waals surface area contributed by atoms with Crippen molar-refractivity contribution in [1.82, 2.24) is 0 Å². The van der Waals surface area contributed by atoms with Gasteiger partial charge >= 0.3 is 5.97 Å². The first kappa shape index (κ1) is 21.4. The number of hydrogen-bond acceptors (Lipinski definition) is 5. The summed E-state index contributed by atoms with van der Waals surface area (Å²) in [7, 11) is 1.34. The van der Waals surface area contributed by atoms with E-state index in [2.05, 4.69) is 39.9 Å². The number of esters is 1. The van der Waals surface area contributed by atoms with E-state index in [1.165, 1.54) is 0 Å². The molecule has 1 heterocycles. The second-order valence-electron chi connectivity index (χ2n) is 10.5. The molecule has 1 aromatic carbocycles. The van der Waals surface area contributed by atoms with Gasteiger partial charge in [0.2, 0.25) is 0 Å². The van der Waals surface area contributed by atoms with Gasteiger partial charge in [0.25, 0.3) is 0 Å². The maximum absolute atomic E-state index is 13.1. The zero-order valence-corrected chi connectivity index (χ0v) is 20.3. The Bertz CT molecular complexity index is 899. The predicted molar refractivity (Wildman–Crippen MR) is 119 cm³/mol. The third kappa shape index (κ3) is 2.87. The second kappa shape index (κ2) is 6.86. The normalized spacial score (nSPS) is 30.6. The quantitative estimate of drug-likeness (QED) is 0.474. The molecule has 1 unspecified atom stereocenters. The van der Waals surface area contributed by atoms with Crippen molar-refractivity contribution in [3.63, 3.8) is 0 Å². The molecule has 0 amide bonds. The lowest BCUT2D eigenvalue weighted by molar-refractivity contribution is -0.146. The van der Waals surface area contributed by atoms with Crippen LogP contribution in [0.3, 0.4) is 0 Å². The van der Waals surface area contributed by atoms with Crippen LogP contribution in [0.1, 0.15) is 45.6 Å². The van der Waals surface area contributed by atoms with Crippen LogP contribution in [0.5, 0.6) is 11.5 Å². The molecule has 2 fully saturated rings. The van der Waals surface area contributed by atoms with E-state index in [0.29, 0.717) is 13.0 Å². The van der Waals surface area contributed by atoms with Crippen LogP contribution in [0.4, 0.5) is 0 Å². The van der Waals surface area contributed by atoms with Gasteiger partial charge in [-0.3, -0.25) is 4.79 Å². The molecule has 0 N–H and O–H groups in total. The molecule has 164 valence electrons. The maximum Gasteiger partial charge on any atom is 0.313 e. The molecule has 0 bridgehead atoms. The van der Waals surface area contributed by atoms with Gasteiger partial charge in [0.1, 0.15) is 18.1 Å². The van der Waals surface area contributed by atoms with E-state index < -0.39 is 19.1 Å². The summed E-state index contributed by atoms with van der Waals surface area (Å²) in [5, 5.41) is 0.111. The minimum absolute atomic E-state index is 0.000977. The molecule has 1 aliphatic heterocycles. The maximum atomic E-state index is 13.1. The first-order valence-electron chi connectivity index (χ1n) is 10.8. The Morgan fingerprint density at radius 3 is 2.53 bits per heavy atom. The standard InChI is InChI=1S/C24H34O5Si/c1-22(2,3)30(6,7)29-20-10-11-23-13-16(14-24(20,23)15-28-21(23)25)18-12-17(26-4)8-9-19(18)27-5/h8-9,12,14,20H,10-11,13,15H2,1-7H3/t20-,23?,24-/m0/s1. The largest absolute Gasteiger partial charge is 0.497 e. The molecular weight excluding hydrogens is 396 g/mol. The number of cyclic esters (lactones) is 1. The highest BCUT2D eigenvalue weighted by Crippen LogP contribution is 2.68. The molecule has 1 aromatic rings. The number of carbonyl (C=O) groups is 1. The van der Waals surface area contributed by atoms with Crippen molar-refractivity contribution in [3.05, 3.63) is 29.8 Å². The van der Waals surface area contributed by atoms with Crippen LogP contribution in [0.2, 0.25) is 18.1 Å². The fourth-order valence-corrected chi connectivity index (χ4v) is 6.63. The molecule has 1 saturated carbocycles. The van der Waals surface area contributed by atoms with Gasteiger partial charge in [0, 0.05) is 5.56 Å². The average Bonchev–Trinajstić information content (AvgIpc) is 3.26. The molecule has 0 radical (unpaired) electrons. The summed E-state index contributed by atoms with van der Waals surface area (Å²) in [6.45, 7) is 11.7. The van der Waals surface area contributed by atoms with Crippen LogP contribution in [0.25, 0.3) is 5.57 Å². The van der Waals surface area contributed by atoms with Gasteiger partial charge in [-0.05, 0) is 61.2 Å². The number of carbonyl (C=O) groups excluding carboxylic acids is 1. The lowest BCUT2D eigenvalue weighted by atomic mass is 9.69. The second-order valence-corrected chi connectivity index (χ2v) is 15.3. The van der Waals surface area contributed by atoms with Gasteiger partial charge < -0.3 is 18.6 Å². The number of hydrogen-bond donors (Lipinski definition) is 0. The highest BCUT2D eigenvalue weighted by molar-refractivity contribution is 6.74. The fraction of sp³-hybridized carbons (Fsp3) is 0.625. The first-order chi connectivity index (χ1) is 14.0. The lowest BCUT2D eigenvalue weighted by Gasteiger charge is -2.42. The summed E-state index contributed by atoms with van der Waals surface area (Å²) in [5.74, 6) is 1.50. The Labute approximate surface area is 180 Å². The van der Waals surface area contributed by atoms with E-state index >= 15 is 0 Å². The molecule has 1 saturated heterocycles. The molecule has 2 aliphatic carbocycles. The lowest BCUT2D eigenvalue weighted by Crippen LogP contribution is -2.49. The molecule has 30 heavy (non-hydrogen) atoms. The topological polar surface area (TPSA) is 54.0 Å². The molecule has 3 aliphatic rings. The number of benzene rings is 1. The molecule has 4 rings (SSSR count). The first-order valence-corrected chi connectivity index (χ1v) is 13.7. The van der Waals surface area contributed by atoms with Crippen molar-refractivity contribution in [2.24, 2.45) is 10.8 Å². The van der Waals surface area contributed by atoms with E-state index in [0.717, 1.165) is 35.5 Å². The van der Waals surface area contributed by atoms with Crippen molar-refractivity contribution in [2.75, 3.05) is 20.8 Å². The molecule has 6 heteroatoms. The number of ether oxygens (including phenoxy) is 3. The molecule has 0 aromatic heterocycles. The summed E-state index contributed by atoms with van der Waals surface area (Å²) in [4.78, 5) is 13.1. The summed E-state index contributed by atoms with van der Waals surface area (Å²) < 4.78 is 23.7. The van der Waals surface area contributed by atoms with E-state index in [9.17, 15) is 4.79 Å². The highest BCUT2D eigenvalue weighted by Gasteiger charge is 2.72. The minimum atomic E-state index is -1.99. The minimum Gasteiger partial charge on any atom is -0.497 e. The van der Waals surface area contributed by atoms with Crippen molar-refractivity contribution < 1.29 is 23.4 Å². The smallest absolute Gasteiger partial charge is 0.313 e. The Hall–Kier alpha value is -1.79.